The van der Waals surface area contributed by atoms with Crippen LogP contribution in [0, 0.1) is 17.8 Å². The molecule has 0 aromatic carbocycles. The smallest absolute Gasteiger partial charge is 0.0179 e. The molecule has 0 saturated heterocycles. The van der Waals surface area contributed by atoms with Gasteiger partial charge in [-0.05, 0) is 30.6 Å². The van der Waals surface area contributed by atoms with Gasteiger partial charge >= 0.3 is 0 Å². The number of alkyl halides is 1. The van der Waals surface area contributed by atoms with Gasteiger partial charge in [-0.2, -0.15) is 0 Å². The van der Waals surface area contributed by atoms with E-state index in [0.29, 0.717) is 0 Å². The summed E-state index contributed by atoms with van der Waals surface area (Å²) < 4.78 is 0. The van der Waals surface area contributed by atoms with Crippen LogP contribution in [-0.2, 0) is 0 Å². The average molecular weight is 219 g/mol. The quantitative estimate of drug-likeness (QED) is 0.588. The molecule has 0 aromatic rings. The summed E-state index contributed by atoms with van der Waals surface area (Å²) in [6, 6.07) is 0. The Morgan fingerprint density at radius 2 is 1.91 bits per heavy atom. The molecule has 11 heavy (non-hydrogen) atoms. The average Bonchev–Trinajstić information content (AvgIpc) is 1.85. The molecule has 1 heteroatoms. The molecular weight excluding hydrogens is 200 g/mol. The van der Waals surface area contributed by atoms with Crippen LogP contribution >= 0.6 is 15.9 Å². The van der Waals surface area contributed by atoms with Crippen LogP contribution in [0.4, 0.5) is 0 Å². The van der Waals surface area contributed by atoms with Crippen LogP contribution in [0.15, 0.2) is 0 Å². The summed E-state index contributed by atoms with van der Waals surface area (Å²) in [5.41, 5.74) is 0. The molecule has 0 spiro atoms. The number of hydrogen-bond acceptors (Lipinski definition) is 0. The maximum absolute atomic E-state index is 3.80. The van der Waals surface area contributed by atoms with Crippen molar-refractivity contribution >= 4 is 15.9 Å². The molecule has 0 N–H and O–H groups in total. The summed E-state index contributed by atoms with van der Waals surface area (Å²) in [4.78, 5) is 0.784. The lowest BCUT2D eigenvalue weighted by molar-refractivity contribution is 0.247. The van der Waals surface area contributed by atoms with Gasteiger partial charge in [0.25, 0.3) is 0 Å². The zero-order valence-electron chi connectivity index (χ0n) is 7.81. The second-order valence-electron chi connectivity index (χ2n) is 4.34. The van der Waals surface area contributed by atoms with Crippen molar-refractivity contribution < 1.29 is 0 Å². The molecule has 0 radical (unpaired) electrons. The van der Waals surface area contributed by atoms with Gasteiger partial charge in [0.2, 0.25) is 0 Å². The van der Waals surface area contributed by atoms with Gasteiger partial charge in [0.1, 0.15) is 0 Å². The third-order valence-corrected chi connectivity index (χ3v) is 3.99. The number of hydrogen-bond donors (Lipinski definition) is 0. The highest BCUT2D eigenvalue weighted by Gasteiger charge is 2.28. The lowest BCUT2D eigenvalue weighted by Crippen LogP contribution is -2.27. The molecule has 3 atom stereocenters. The van der Waals surface area contributed by atoms with Crippen molar-refractivity contribution in [3.8, 4) is 0 Å². The summed E-state index contributed by atoms with van der Waals surface area (Å²) in [5, 5.41) is 0. The van der Waals surface area contributed by atoms with Crippen LogP contribution < -0.4 is 0 Å². The summed E-state index contributed by atoms with van der Waals surface area (Å²) in [5.74, 6) is 2.72. The van der Waals surface area contributed by atoms with Gasteiger partial charge in [-0.3, -0.25) is 0 Å². The molecule has 0 heterocycles. The molecule has 1 rings (SSSR count). The molecule has 1 saturated carbocycles. The topological polar surface area (TPSA) is 0 Å². The Bertz CT molecular complexity index is 120. The third-order valence-electron chi connectivity index (χ3n) is 2.94. The monoisotopic (exact) mass is 218 g/mol. The lowest BCUT2D eigenvalue weighted by atomic mass is 9.77. The van der Waals surface area contributed by atoms with Crippen LogP contribution in [0.1, 0.15) is 40.0 Å². The molecule has 0 amide bonds. The first kappa shape index (κ1) is 9.57. The largest absolute Gasteiger partial charge is 0.0887 e. The van der Waals surface area contributed by atoms with E-state index in [0.717, 1.165) is 22.6 Å². The fraction of sp³-hybridized carbons (Fsp3) is 1.00. The summed E-state index contributed by atoms with van der Waals surface area (Å²) in [6.07, 6.45) is 4.24. The Morgan fingerprint density at radius 1 is 1.27 bits per heavy atom. The zero-order chi connectivity index (χ0) is 8.43. The molecule has 3 unspecified atom stereocenters. The Hall–Kier alpha value is 0.480. The van der Waals surface area contributed by atoms with Crippen LogP contribution in [0.25, 0.3) is 0 Å². The molecule has 0 aliphatic heterocycles. The van der Waals surface area contributed by atoms with Crippen molar-refractivity contribution in [3.63, 3.8) is 0 Å². The van der Waals surface area contributed by atoms with Gasteiger partial charge in [-0.1, -0.05) is 43.1 Å². The molecule has 1 fully saturated rings. The van der Waals surface area contributed by atoms with Crippen LogP contribution in [0.3, 0.4) is 0 Å². The standard InChI is InChI=1S/C10H19Br/c1-7(2)9-5-4-8(3)6-10(9)11/h7-10H,4-6H2,1-3H3. The molecule has 0 nitrogen and oxygen atoms in total. The van der Waals surface area contributed by atoms with Gasteiger partial charge in [0.15, 0.2) is 0 Å². The van der Waals surface area contributed by atoms with E-state index in [4.69, 9.17) is 0 Å². The highest BCUT2D eigenvalue weighted by Crippen LogP contribution is 2.37. The van der Waals surface area contributed by atoms with Gasteiger partial charge in [0.05, 0.1) is 0 Å². The Morgan fingerprint density at radius 3 is 2.36 bits per heavy atom. The zero-order valence-corrected chi connectivity index (χ0v) is 9.39. The van der Waals surface area contributed by atoms with E-state index in [2.05, 4.69) is 36.7 Å². The first-order chi connectivity index (χ1) is 5.11. The maximum atomic E-state index is 3.80. The minimum Gasteiger partial charge on any atom is -0.0887 e. The third kappa shape index (κ3) is 2.47. The highest BCUT2D eigenvalue weighted by atomic mass is 79.9. The van der Waals surface area contributed by atoms with Crippen molar-refractivity contribution in [2.24, 2.45) is 17.8 Å². The minimum absolute atomic E-state index is 0.784. The Balaban J connectivity index is 2.44. The first-order valence-corrected chi connectivity index (χ1v) is 5.67. The van der Waals surface area contributed by atoms with E-state index in [-0.39, 0.29) is 0 Å². The van der Waals surface area contributed by atoms with Gasteiger partial charge in [0, 0.05) is 4.83 Å². The van der Waals surface area contributed by atoms with Gasteiger partial charge < -0.3 is 0 Å². The van der Waals surface area contributed by atoms with Crippen molar-refractivity contribution in [3.05, 3.63) is 0 Å². The minimum atomic E-state index is 0.784. The molecule has 0 aromatic heterocycles. The van der Waals surface area contributed by atoms with E-state index >= 15 is 0 Å². The summed E-state index contributed by atoms with van der Waals surface area (Å²) in [6.45, 7) is 7.05. The van der Waals surface area contributed by atoms with Crippen LogP contribution in [-0.4, -0.2) is 4.83 Å². The lowest BCUT2D eigenvalue weighted by Gasteiger charge is -2.33. The van der Waals surface area contributed by atoms with Gasteiger partial charge in [-0.15, -0.1) is 0 Å². The van der Waals surface area contributed by atoms with E-state index < -0.39 is 0 Å². The van der Waals surface area contributed by atoms with Crippen LogP contribution in [0.2, 0.25) is 0 Å². The van der Waals surface area contributed by atoms with Crippen molar-refractivity contribution in [1.82, 2.24) is 0 Å². The highest BCUT2D eigenvalue weighted by molar-refractivity contribution is 9.09. The number of rotatable bonds is 1. The second kappa shape index (κ2) is 3.93. The van der Waals surface area contributed by atoms with E-state index in [1.165, 1.54) is 19.3 Å². The first-order valence-electron chi connectivity index (χ1n) is 4.75. The molecule has 1 aliphatic carbocycles. The van der Waals surface area contributed by atoms with Gasteiger partial charge in [-0.25, -0.2) is 0 Å². The Labute approximate surface area is 78.9 Å². The SMILES string of the molecule is CC1CCC(C(C)C)C(Br)C1. The maximum Gasteiger partial charge on any atom is 0.0179 e. The Kier molecular flexibility index (Phi) is 3.42. The van der Waals surface area contributed by atoms with E-state index in [1.54, 1.807) is 0 Å². The summed E-state index contributed by atoms with van der Waals surface area (Å²) in [7, 11) is 0. The fourth-order valence-corrected chi connectivity index (χ4v) is 3.60. The van der Waals surface area contributed by atoms with Crippen molar-refractivity contribution in [2.75, 3.05) is 0 Å². The molecule has 1 aliphatic rings. The van der Waals surface area contributed by atoms with Crippen molar-refractivity contribution in [2.45, 2.75) is 44.9 Å². The van der Waals surface area contributed by atoms with E-state index in [1.807, 2.05) is 0 Å². The fourth-order valence-electron chi connectivity index (χ4n) is 2.09. The summed E-state index contributed by atoms with van der Waals surface area (Å²) >= 11 is 3.80. The predicted octanol–water partition coefficient (Wildman–Crippen LogP) is 3.84. The van der Waals surface area contributed by atoms with Crippen molar-refractivity contribution in [1.29, 1.82) is 0 Å². The normalized spacial score (nSPS) is 39.5. The predicted molar refractivity (Wildman–Crippen MR) is 54.1 cm³/mol. The van der Waals surface area contributed by atoms with Crippen LogP contribution in [0.5, 0.6) is 0 Å². The second-order valence-corrected chi connectivity index (χ2v) is 5.52. The number of halogens is 1. The molecule has 0 bridgehead atoms. The molecular formula is C10H19Br. The molecule has 66 valence electrons. The van der Waals surface area contributed by atoms with E-state index in [9.17, 15) is 0 Å².